The first kappa shape index (κ1) is 19.9. The number of benzene rings is 1. The number of esters is 1. The zero-order chi connectivity index (χ0) is 17.9. The average molecular weight is 336 g/mol. The Hall–Kier alpha value is -2.15. The molecular formula is C18H24O6. The number of hydrogen-bond acceptors (Lipinski definition) is 6. The Bertz CT molecular complexity index is 549. The van der Waals surface area contributed by atoms with Gasteiger partial charge in [-0.1, -0.05) is 24.8 Å². The maximum Gasteiger partial charge on any atom is 0.333 e. The van der Waals surface area contributed by atoms with Gasteiger partial charge in [-0.15, -0.1) is 0 Å². The molecule has 0 saturated carbocycles. The fraction of sp³-hybridized carbons (Fsp3) is 0.389. The molecule has 24 heavy (non-hydrogen) atoms. The van der Waals surface area contributed by atoms with Crippen LogP contribution in [0, 0.1) is 0 Å². The summed E-state index contributed by atoms with van der Waals surface area (Å²) in [5, 5.41) is 9.81. The van der Waals surface area contributed by atoms with Crippen molar-refractivity contribution in [3.8, 4) is 5.75 Å². The molecule has 0 radical (unpaired) electrons. The van der Waals surface area contributed by atoms with E-state index >= 15 is 0 Å². The van der Waals surface area contributed by atoms with Gasteiger partial charge >= 0.3 is 5.97 Å². The van der Waals surface area contributed by atoms with Crippen molar-refractivity contribution in [2.75, 3.05) is 27.4 Å². The van der Waals surface area contributed by atoms with Crippen LogP contribution in [0.1, 0.15) is 12.5 Å². The lowest BCUT2D eigenvalue weighted by molar-refractivity contribution is -0.147. The van der Waals surface area contributed by atoms with Crippen molar-refractivity contribution < 1.29 is 28.8 Å². The lowest BCUT2D eigenvalue weighted by Crippen LogP contribution is -2.28. The third kappa shape index (κ3) is 7.41. The molecule has 132 valence electrons. The van der Waals surface area contributed by atoms with E-state index in [1.807, 2.05) is 24.3 Å². The number of carbonyl (C=O) groups is 1. The molecule has 2 atom stereocenters. The third-order valence-electron chi connectivity index (χ3n) is 3.10. The maximum atomic E-state index is 11.3. The van der Waals surface area contributed by atoms with Crippen LogP contribution in [0.2, 0.25) is 0 Å². The Kier molecular flexibility index (Phi) is 8.78. The Morgan fingerprint density at radius 2 is 1.92 bits per heavy atom. The van der Waals surface area contributed by atoms with E-state index in [4.69, 9.17) is 18.9 Å². The van der Waals surface area contributed by atoms with Gasteiger partial charge in [-0.05, 0) is 30.7 Å². The number of hydrogen-bond donors (Lipinski definition) is 1. The molecule has 2 unspecified atom stereocenters. The Balaban J connectivity index is 2.39. The summed E-state index contributed by atoms with van der Waals surface area (Å²) in [6.45, 7) is 5.16. The Morgan fingerprint density at radius 3 is 2.46 bits per heavy atom. The van der Waals surface area contributed by atoms with Crippen molar-refractivity contribution in [2.45, 2.75) is 19.3 Å². The Labute approximate surface area is 142 Å². The van der Waals surface area contributed by atoms with E-state index < -0.39 is 18.4 Å². The van der Waals surface area contributed by atoms with Gasteiger partial charge in [0, 0.05) is 12.7 Å². The summed E-state index contributed by atoms with van der Waals surface area (Å²) in [4.78, 5) is 11.3. The molecule has 0 fully saturated rings. The van der Waals surface area contributed by atoms with Gasteiger partial charge in [0.15, 0.2) is 6.29 Å². The van der Waals surface area contributed by atoms with Gasteiger partial charge in [0.05, 0.1) is 13.7 Å². The van der Waals surface area contributed by atoms with Crippen molar-refractivity contribution >= 4 is 12.0 Å². The SMILES string of the molecule is C=C(C)C(=O)OCC(COC(O)/C=C/c1ccc(OC)cc1)OC. The largest absolute Gasteiger partial charge is 0.497 e. The van der Waals surface area contributed by atoms with Gasteiger partial charge in [-0.2, -0.15) is 0 Å². The van der Waals surface area contributed by atoms with Crippen LogP contribution in [0.4, 0.5) is 0 Å². The molecule has 1 aromatic rings. The predicted molar refractivity (Wildman–Crippen MR) is 90.6 cm³/mol. The highest BCUT2D eigenvalue weighted by Crippen LogP contribution is 2.12. The lowest BCUT2D eigenvalue weighted by Gasteiger charge is -2.17. The highest BCUT2D eigenvalue weighted by atomic mass is 16.6. The second-order valence-electron chi connectivity index (χ2n) is 5.09. The minimum Gasteiger partial charge on any atom is -0.497 e. The predicted octanol–water partition coefficient (Wildman–Crippen LogP) is 2.18. The standard InChI is InChI=1S/C18H24O6/c1-13(2)18(20)24-12-16(22-4)11-23-17(19)10-7-14-5-8-15(21-3)9-6-14/h5-10,16-17,19H,1,11-12H2,2-4H3/b10-7+. The second kappa shape index (κ2) is 10.6. The molecule has 1 aromatic carbocycles. The molecule has 6 nitrogen and oxygen atoms in total. The van der Waals surface area contributed by atoms with E-state index in [1.165, 1.54) is 13.2 Å². The monoisotopic (exact) mass is 336 g/mol. The molecule has 0 spiro atoms. The number of carbonyl (C=O) groups excluding carboxylic acids is 1. The molecule has 0 aliphatic heterocycles. The topological polar surface area (TPSA) is 74.2 Å². The van der Waals surface area contributed by atoms with Crippen LogP contribution in [0.5, 0.6) is 5.75 Å². The summed E-state index contributed by atoms with van der Waals surface area (Å²) >= 11 is 0. The number of methoxy groups -OCH3 is 2. The van der Waals surface area contributed by atoms with Gasteiger partial charge in [0.1, 0.15) is 18.5 Å². The molecule has 0 saturated heterocycles. The first-order valence-electron chi connectivity index (χ1n) is 7.43. The number of aliphatic hydroxyl groups is 1. The van der Waals surface area contributed by atoms with Crippen molar-refractivity contribution in [1.82, 2.24) is 0 Å². The van der Waals surface area contributed by atoms with Crippen molar-refractivity contribution in [3.63, 3.8) is 0 Å². The van der Waals surface area contributed by atoms with Gasteiger partial charge in [-0.3, -0.25) is 0 Å². The summed E-state index contributed by atoms with van der Waals surface area (Å²) in [6, 6.07) is 7.36. The van der Waals surface area contributed by atoms with Gasteiger partial charge in [0.25, 0.3) is 0 Å². The van der Waals surface area contributed by atoms with Crippen LogP contribution in [0.15, 0.2) is 42.5 Å². The average Bonchev–Trinajstić information content (AvgIpc) is 2.60. The fourth-order valence-corrected chi connectivity index (χ4v) is 1.65. The number of aliphatic hydroxyl groups excluding tert-OH is 1. The Morgan fingerprint density at radius 1 is 1.25 bits per heavy atom. The van der Waals surface area contributed by atoms with E-state index in [9.17, 15) is 9.90 Å². The zero-order valence-electron chi connectivity index (χ0n) is 14.2. The summed E-state index contributed by atoms with van der Waals surface area (Å²) in [5.74, 6) is 0.271. The lowest BCUT2D eigenvalue weighted by atomic mass is 10.2. The molecule has 1 N–H and O–H groups in total. The molecule has 0 bridgehead atoms. The molecule has 0 heterocycles. The van der Waals surface area contributed by atoms with Gasteiger partial charge in [0.2, 0.25) is 0 Å². The summed E-state index contributed by atoms with van der Waals surface area (Å²) in [5.41, 5.74) is 1.21. The summed E-state index contributed by atoms with van der Waals surface area (Å²) in [7, 11) is 3.07. The molecule has 0 aromatic heterocycles. The quantitative estimate of drug-likeness (QED) is 0.401. The third-order valence-corrected chi connectivity index (χ3v) is 3.10. The van der Waals surface area contributed by atoms with Crippen LogP contribution >= 0.6 is 0 Å². The van der Waals surface area contributed by atoms with E-state index in [0.717, 1.165) is 11.3 Å². The molecule has 0 amide bonds. The molecular weight excluding hydrogens is 312 g/mol. The van der Waals surface area contributed by atoms with Crippen LogP contribution < -0.4 is 4.74 Å². The van der Waals surface area contributed by atoms with E-state index in [-0.39, 0.29) is 13.2 Å². The minimum atomic E-state index is -1.10. The van der Waals surface area contributed by atoms with E-state index in [1.54, 1.807) is 20.1 Å². The highest BCUT2D eigenvalue weighted by Gasteiger charge is 2.13. The fourth-order valence-electron chi connectivity index (χ4n) is 1.65. The van der Waals surface area contributed by atoms with Crippen molar-refractivity contribution in [1.29, 1.82) is 0 Å². The summed E-state index contributed by atoms with van der Waals surface area (Å²) in [6.07, 6.45) is 1.67. The van der Waals surface area contributed by atoms with Crippen LogP contribution in [-0.2, 0) is 19.0 Å². The minimum absolute atomic E-state index is 0.0249. The van der Waals surface area contributed by atoms with E-state index in [2.05, 4.69) is 6.58 Å². The van der Waals surface area contributed by atoms with E-state index in [0.29, 0.717) is 5.57 Å². The van der Waals surface area contributed by atoms with Crippen molar-refractivity contribution in [3.05, 3.63) is 48.1 Å². The zero-order valence-corrected chi connectivity index (χ0v) is 14.2. The maximum absolute atomic E-state index is 11.3. The number of rotatable bonds is 10. The number of ether oxygens (including phenoxy) is 4. The molecule has 1 rings (SSSR count). The van der Waals surface area contributed by atoms with Gasteiger partial charge < -0.3 is 24.1 Å². The van der Waals surface area contributed by atoms with Gasteiger partial charge in [-0.25, -0.2) is 4.79 Å². The van der Waals surface area contributed by atoms with Crippen LogP contribution in [0.25, 0.3) is 6.08 Å². The normalized spacial score (nSPS) is 13.5. The summed E-state index contributed by atoms with van der Waals surface area (Å²) < 4.78 is 20.5. The molecule has 0 aliphatic carbocycles. The molecule has 6 heteroatoms. The van der Waals surface area contributed by atoms with Crippen molar-refractivity contribution in [2.24, 2.45) is 0 Å². The van der Waals surface area contributed by atoms with Crippen LogP contribution in [-0.4, -0.2) is 50.9 Å². The smallest absolute Gasteiger partial charge is 0.333 e. The second-order valence-corrected chi connectivity index (χ2v) is 5.09. The van der Waals surface area contributed by atoms with Crippen LogP contribution in [0.3, 0.4) is 0 Å². The first-order valence-corrected chi connectivity index (χ1v) is 7.43. The highest BCUT2D eigenvalue weighted by molar-refractivity contribution is 5.86. The molecule has 0 aliphatic rings. The first-order chi connectivity index (χ1) is 11.5.